The normalized spacial score (nSPS) is 24.2. The third-order valence-electron chi connectivity index (χ3n) is 3.33. The predicted octanol–water partition coefficient (Wildman–Crippen LogP) is -0.137. The number of amides is 1. The highest BCUT2D eigenvalue weighted by Crippen LogP contribution is 2.19. The van der Waals surface area contributed by atoms with Gasteiger partial charge >= 0.3 is 6.09 Å². The Morgan fingerprint density at radius 2 is 2.19 bits per heavy atom. The number of hydrogen-bond acceptors (Lipinski definition) is 5. The summed E-state index contributed by atoms with van der Waals surface area (Å²) in [4.78, 5) is 14.5. The zero-order chi connectivity index (χ0) is 15.5. The van der Waals surface area contributed by atoms with E-state index in [4.69, 9.17) is 5.11 Å². The molecule has 1 aromatic heterocycles. The number of carboxylic acid groups (broad SMARTS) is 1. The van der Waals surface area contributed by atoms with Gasteiger partial charge in [-0.2, -0.15) is 4.31 Å². The number of rotatable bonds is 3. The van der Waals surface area contributed by atoms with Crippen molar-refractivity contribution in [3.05, 3.63) is 24.4 Å². The van der Waals surface area contributed by atoms with Crippen LogP contribution in [0.5, 0.6) is 0 Å². The van der Waals surface area contributed by atoms with E-state index in [9.17, 15) is 18.3 Å². The molecule has 0 aliphatic carbocycles. The van der Waals surface area contributed by atoms with Crippen LogP contribution in [0.4, 0.5) is 4.79 Å². The first kappa shape index (κ1) is 15.7. The first-order valence-electron chi connectivity index (χ1n) is 6.50. The first-order valence-corrected chi connectivity index (χ1v) is 7.94. The Kier molecular flexibility index (Phi) is 4.76. The lowest BCUT2D eigenvalue weighted by Gasteiger charge is -2.23. The van der Waals surface area contributed by atoms with E-state index in [1.54, 1.807) is 12.1 Å². The van der Waals surface area contributed by atoms with E-state index in [1.165, 1.54) is 12.3 Å². The maximum Gasteiger partial charge on any atom is 0.404 e. The quantitative estimate of drug-likeness (QED) is 0.714. The number of β-amino-alcohol motifs (C(OH)–C–C–N with tert-alkyl or cyclic N) is 1. The van der Waals surface area contributed by atoms with Crippen LogP contribution < -0.4 is 5.32 Å². The average molecular weight is 315 g/mol. The third-order valence-corrected chi connectivity index (χ3v) is 5.11. The van der Waals surface area contributed by atoms with Crippen LogP contribution in [-0.4, -0.2) is 59.2 Å². The largest absolute Gasteiger partial charge is 0.465 e. The first-order chi connectivity index (χ1) is 9.91. The molecule has 9 heteroatoms. The minimum absolute atomic E-state index is 0.0816. The Bertz CT molecular complexity index is 592. The summed E-state index contributed by atoms with van der Waals surface area (Å²) in [7, 11) is -3.78. The second-order valence-corrected chi connectivity index (χ2v) is 6.68. The lowest BCUT2D eigenvalue weighted by Crippen LogP contribution is -2.46. The van der Waals surface area contributed by atoms with E-state index < -0.39 is 28.3 Å². The molecule has 2 unspecified atom stereocenters. The fourth-order valence-corrected chi connectivity index (χ4v) is 3.71. The molecule has 21 heavy (non-hydrogen) atoms. The van der Waals surface area contributed by atoms with Gasteiger partial charge in [-0.3, -0.25) is 0 Å². The molecule has 2 atom stereocenters. The molecular formula is C12H17N3O5S. The number of aliphatic hydroxyl groups excluding tert-OH is 1. The topological polar surface area (TPSA) is 120 Å². The van der Waals surface area contributed by atoms with E-state index in [2.05, 4.69) is 10.3 Å². The Labute approximate surface area is 122 Å². The summed E-state index contributed by atoms with van der Waals surface area (Å²) in [5, 5.41) is 20.9. The molecule has 0 aromatic carbocycles. The van der Waals surface area contributed by atoms with Crippen LogP contribution in [-0.2, 0) is 10.0 Å². The summed E-state index contributed by atoms with van der Waals surface area (Å²) in [6, 6.07) is 3.90. The van der Waals surface area contributed by atoms with Crippen molar-refractivity contribution in [1.29, 1.82) is 0 Å². The van der Waals surface area contributed by atoms with Crippen molar-refractivity contribution in [2.24, 2.45) is 0 Å². The Balaban J connectivity index is 2.17. The number of nitrogens with one attached hydrogen (secondary N) is 1. The zero-order valence-corrected chi connectivity index (χ0v) is 12.0. The Morgan fingerprint density at radius 1 is 1.43 bits per heavy atom. The number of aromatic nitrogens is 1. The molecule has 8 nitrogen and oxygen atoms in total. The summed E-state index contributed by atoms with van der Waals surface area (Å²) in [6.07, 6.45) is -0.117. The maximum absolute atomic E-state index is 12.4. The summed E-state index contributed by atoms with van der Waals surface area (Å²) < 4.78 is 26.0. The molecule has 3 N–H and O–H groups in total. The molecule has 2 heterocycles. The minimum Gasteiger partial charge on any atom is -0.465 e. The molecule has 1 aliphatic rings. The van der Waals surface area contributed by atoms with Gasteiger partial charge in [0.1, 0.15) is 0 Å². The molecule has 116 valence electrons. The number of hydrogen-bond donors (Lipinski definition) is 3. The second kappa shape index (κ2) is 6.37. The summed E-state index contributed by atoms with van der Waals surface area (Å²) in [5.74, 6) is 0. The van der Waals surface area contributed by atoms with Gasteiger partial charge in [0, 0.05) is 19.3 Å². The number of pyridine rings is 1. The van der Waals surface area contributed by atoms with E-state index >= 15 is 0 Å². The van der Waals surface area contributed by atoms with Crippen LogP contribution in [0.15, 0.2) is 29.4 Å². The Morgan fingerprint density at radius 3 is 2.81 bits per heavy atom. The van der Waals surface area contributed by atoms with Crippen LogP contribution in [0.1, 0.15) is 12.8 Å². The highest BCUT2D eigenvalue weighted by atomic mass is 32.2. The van der Waals surface area contributed by atoms with Gasteiger partial charge in [-0.15, -0.1) is 0 Å². The average Bonchev–Trinajstić information content (AvgIpc) is 2.62. The SMILES string of the molecule is O=C(O)NC1CCCN(S(=O)(=O)c2ccccn2)CC1O. The molecule has 1 aromatic rings. The molecule has 2 rings (SSSR count). The van der Waals surface area contributed by atoms with Crippen molar-refractivity contribution in [1.82, 2.24) is 14.6 Å². The van der Waals surface area contributed by atoms with Gasteiger partial charge in [0.25, 0.3) is 10.0 Å². The van der Waals surface area contributed by atoms with Gasteiger partial charge in [0.2, 0.25) is 0 Å². The van der Waals surface area contributed by atoms with Crippen LogP contribution in [0, 0.1) is 0 Å². The molecule has 1 amide bonds. The Hall–Kier alpha value is -1.71. The van der Waals surface area contributed by atoms with Gasteiger partial charge in [-0.25, -0.2) is 18.2 Å². The van der Waals surface area contributed by atoms with Crippen LogP contribution in [0.25, 0.3) is 0 Å². The van der Waals surface area contributed by atoms with Crippen LogP contribution in [0.3, 0.4) is 0 Å². The van der Waals surface area contributed by atoms with Crippen LogP contribution in [0.2, 0.25) is 0 Å². The summed E-state index contributed by atoms with van der Waals surface area (Å²) in [6.45, 7) is 0.0532. The summed E-state index contributed by atoms with van der Waals surface area (Å²) >= 11 is 0. The number of aliphatic hydroxyl groups is 1. The standard InChI is InChI=1S/C12H17N3O5S/c16-10-8-15(7-3-4-9(10)14-12(17)18)21(19,20)11-5-1-2-6-13-11/h1-2,5-6,9-10,14,16H,3-4,7-8H2,(H,17,18). The second-order valence-electron chi connectivity index (χ2n) is 4.80. The van der Waals surface area contributed by atoms with Crippen molar-refractivity contribution in [2.75, 3.05) is 13.1 Å². The van der Waals surface area contributed by atoms with Crippen molar-refractivity contribution in [3.63, 3.8) is 0 Å². The molecule has 0 spiro atoms. The molecule has 1 fully saturated rings. The van der Waals surface area contributed by atoms with Crippen LogP contribution >= 0.6 is 0 Å². The fraction of sp³-hybridized carbons (Fsp3) is 0.500. The van der Waals surface area contributed by atoms with Crippen molar-refractivity contribution in [2.45, 2.75) is 30.0 Å². The van der Waals surface area contributed by atoms with Crippen molar-refractivity contribution < 1.29 is 23.4 Å². The van der Waals surface area contributed by atoms with Gasteiger partial charge in [-0.05, 0) is 25.0 Å². The van der Waals surface area contributed by atoms with Gasteiger partial charge in [0.15, 0.2) is 5.03 Å². The van der Waals surface area contributed by atoms with E-state index in [1.807, 2.05) is 0 Å². The predicted molar refractivity (Wildman–Crippen MR) is 73.2 cm³/mol. The monoisotopic (exact) mass is 315 g/mol. The maximum atomic E-state index is 12.4. The lowest BCUT2D eigenvalue weighted by molar-refractivity contribution is 0.110. The van der Waals surface area contributed by atoms with E-state index in [-0.39, 0.29) is 18.1 Å². The lowest BCUT2D eigenvalue weighted by atomic mass is 10.1. The molecular weight excluding hydrogens is 298 g/mol. The highest BCUT2D eigenvalue weighted by Gasteiger charge is 2.33. The molecule has 0 bridgehead atoms. The van der Waals surface area contributed by atoms with Gasteiger partial charge in [0.05, 0.1) is 12.1 Å². The molecule has 0 radical (unpaired) electrons. The van der Waals surface area contributed by atoms with Crippen molar-refractivity contribution >= 4 is 16.1 Å². The van der Waals surface area contributed by atoms with Crippen molar-refractivity contribution in [3.8, 4) is 0 Å². The number of nitrogens with zero attached hydrogens (tertiary/aromatic N) is 2. The zero-order valence-electron chi connectivity index (χ0n) is 11.2. The van der Waals surface area contributed by atoms with Gasteiger partial charge < -0.3 is 15.5 Å². The van der Waals surface area contributed by atoms with E-state index in [0.29, 0.717) is 12.8 Å². The molecule has 0 saturated carbocycles. The smallest absolute Gasteiger partial charge is 0.404 e. The molecule has 1 saturated heterocycles. The third kappa shape index (κ3) is 3.69. The van der Waals surface area contributed by atoms with E-state index in [0.717, 1.165) is 4.31 Å². The minimum atomic E-state index is -3.78. The fourth-order valence-electron chi connectivity index (χ4n) is 2.28. The summed E-state index contributed by atoms with van der Waals surface area (Å²) in [5.41, 5.74) is 0. The number of carbonyl (C=O) groups is 1. The number of sulfonamides is 1. The van der Waals surface area contributed by atoms with Gasteiger partial charge in [-0.1, -0.05) is 6.07 Å². The molecule has 1 aliphatic heterocycles. The highest BCUT2D eigenvalue weighted by molar-refractivity contribution is 7.89.